The molecule has 5 nitrogen and oxygen atoms in total. The summed E-state index contributed by atoms with van der Waals surface area (Å²) < 4.78 is 36.1. The Morgan fingerprint density at radius 2 is 2.00 bits per heavy atom. The molecule has 0 aliphatic carbocycles. The van der Waals surface area contributed by atoms with Crippen LogP contribution in [0.4, 0.5) is 8.78 Å². The van der Waals surface area contributed by atoms with Gasteiger partial charge in [-0.25, -0.2) is 8.78 Å². The van der Waals surface area contributed by atoms with Crippen LogP contribution in [0.2, 0.25) is 0 Å². The van der Waals surface area contributed by atoms with Crippen molar-refractivity contribution in [2.24, 2.45) is 5.73 Å². The van der Waals surface area contributed by atoms with Crippen LogP contribution < -0.4 is 15.8 Å². The molecule has 0 aromatic heterocycles. The molecule has 1 aromatic rings. The van der Waals surface area contributed by atoms with Gasteiger partial charge in [-0.3, -0.25) is 4.79 Å². The van der Waals surface area contributed by atoms with E-state index in [1.165, 1.54) is 6.07 Å². The Bertz CT molecular complexity index is 511. The minimum Gasteiger partial charge on any atom is -0.492 e. The van der Waals surface area contributed by atoms with E-state index in [0.717, 1.165) is 12.1 Å². The first-order valence-corrected chi connectivity index (χ1v) is 6.74. The number of carbonyl (C=O) groups is 1. The van der Waals surface area contributed by atoms with Crippen molar-refractivity contribution in [2.75, 3.05) is 26.4 Å². The number of rotatable bonds is 5. The highest BCUT2D eigenvalue weighted by molar-refractivity contribution is 5.86. The number of nitrogens with two attached hydrogens (primary N) is 1. The van der Waals surface area contributed by atoms with Crippen molar-refractivity contribution in [1.29, 1.82) is 0 Å². The van der Waals surface area contributed by atoms with Crippen LogP contribution in [0.3, 0.4) is 0 Å². The Morgan fingerprint density at radius 3 is 2.64 bits per heavy atom. The van der Waals surface area contributed by atoms with Crippen LogP contribution in [0.25, 0.3) is 0 Å². The van der Waals surface area contributed by atoms with Gasteiger partial charge < -0.3 is 20.5 Å². The first-order valence-electron chi connectivity index (χ1n) is 6.74. The Hall–Kier alpha value is -1.44. The number of halogens is 3. The van der Waals surface area contributed by atoms with E-state index in [1.807, 2.05) is 0 Å². The molecule has 0 saturated carbocycles. The third kappa shape index (κ3) is 4.79. The molecule has 1 aliphatic heterocycles. The van der Waals surface area contributed by atoms with E-state index in [4.69, 9.17) is 15.2 Å². The summed E-state index contributed by atoms with van der Waals surface area (Å²) in [5, 5.41) is 2.68. The molecule has 124 valence electrons. The van der Waals surface area contributed by atoms with Crippen molar-refractivity contribution in [3.05, 3.63) is 29.8 Å². The van der Waals surface area contributed by atoms with Crippen LogP contribution in [0.5, 0.6) is 5.75 Å². The Morgan fingerprint density at radius 1 is 1.32 bits per heavy atom. The molecule has 1 aliphatic rings. The molecule has 2 rings (SSSR count). The highest BCUT2D eigenvalue weighted by Crippen LogP contribution is 2.18. The fourth-order valence-electron chi connectivity index (χ4n) is 2.04. The SMILES string of the molecule is Cl.NC1(C(=O)NCCOc2ccc(F)c(F)c2)CCOCC1. The van der Waals surface area contributed by atoms with Crippen LogP contribution in [0.15, 0.2) is 18.2 Å². The van der Waals surface area contributed by atoms with E-state index in [2.05, 4.69) is 5.32 Å². The van der Waals surface area contributed by atoms with Gasteiger partial charge in [-0.05, 0) is 25.0 Å². The van der Waals surface area contributed by atoms with E-state index in [0.29, 0.717) is 26.1 Å². The van der Waals surface area contributed by atoms with Crippen molar-refractivity contribution >= 4 is 18.3 Å². The van der Waals surface area contributed by atoms with Crippen LogP contribution in [0.1, 0.15) is 12.8 Å². The van der Waals surface area contributed by atoms with E-state index in [9.17, 15) is 13.6 Å². The largest absolute Gasteiger partial charge is 0.492 e. The van der Waals surface area contributed by atoms with Crippen LogP contribution in [-0.2, 0) is 9.53 Å². The van der Waals surface area contributed by atoms with Gasteiger partial charge in [-0.15, -0.1) is 12.4 Å². The quantitative estimate of drug-likeness (QED) is 0.797. The molecule has 0 radical (unpaired) electrons. The van der Waals surface area contributed by atoms with Gasteiger partial charge in [-0.1, -0.05) is 0 Å². The fourth-order valence-corrected chi connectivity index (χ4v) is 2.04. The molecule has 1 aromatic carbocycles. The molecular formula is C14H19ClF2N2O3. The summed E-state index contributed by atoms with van der Waals surface area (Å²) in [6, 6.07) is 3.27. The van der Waals surface area contributed by atoms with Crippen molar-refractivity contribution in [2.45, 2.75) is 18.4 Å². The summed E-state index contributed by atoms with van der Waals surface area (Å²) in [6.45, 7) is 1.31. The third-order valence-corrected chi connectivity index (χ3v) is 3.38. The summed E-state index contributed by atoms with van der Waals surface area (Å²) in [4.78, 5) is 12.0. The second-order valence-corrected chi connectivity index (χ2v) is 4.95. The maximum absolute atomic E-state index is 13.0. The lowest BCUT2D eigenvalue weighted by atomic mass is 9.90. The predicted octanol–water partition coefficient (Wildman–Crippen LogP) is 1.39. The van der Waals surface area contributed by atoms with E-state index in [1.54, 1.807) is 0 Å². The van der Waals surface area contributed by atoms with Gasteiger partial charge in [0.2, 0.25) is 5.91 Å². The lowest BCUT2D eigenvalue weighted by molar-refractivity contribution is -0.129. The molecular weight excluding hydrogens is 318 g/mol. The lowest BCUT2D eigenvalue weighted by Gasteiger charge is -2.31. The van der Waals surface area contributed by atoms with Gasteiger partial charge in [-0.2, -0.15) is 0 Å². The molecule has 0 spiro atoms. The third-order valence-electron chi connectivity index (χ3n) is 3.38. The predicted molar refractivity (Wildman–Crippen MR) is 79.1 cm³/mol. The molecule has 0 unspecified atom stereocenters. The molecule has 1 amide bonds. The fraction of sp³-hybridized carbons (Fsp3) is 0.500. The van der Waals surface area contributed by atoms with Gasteiger partial charge in [0.25, 0.3) is 0 Å². The molecule has 1 heterocycles. The molecule has 3 N–H and O–H groups in total. The summed E-state index contributed by atoms with van der Waals surface area (Å²) in [7, 11) is 0. The van der Waals surface area contributed by atoms with Crippen LogP contribution in [-0.4, -0.2) is 37.8 Å². The van der Waals surface area contributed by atoms with Crippen molar-refractivity contribution in [3.8, 4) is 5.75 Å². The molecule has 8 heteroatoms. The zero-order chi connectivity index (χ0) is 15.3. The summed E-state index contributed by atoms with van der Waals surface area (Å²) in [6.07, 6.45) is 0.950. The maximum Gasteiger partial charge on any atom is 0.240 e. The number of nitrogens with one attached hydrogen (secondary N) is 1. The number of ether oxygens (including phenoxy) is 2. The van der Waals surface area contributed by atoms with Gasteiger partial charge in [0.15, 0.2) is 11.6 Å². The van der Waals surface area contributed by atoms with Crippen molar-refractivity contribution < 1.29 is 23.0 Å². The van der Waals surface area contributed by atoms with Crippen LogP contribution in [0, 0.1) is 11.6 Å². The first-order chi connectivity index (χ1) is 10.0. The molecule has 0 atom stereocenters. The van der Waals surface area contributed by atoms with Gasteiger partial charge in [0, 0.05) is 19.3 Å². The molecule has 1 saturated heterocycles. The average molecular weight is 337 g/mol. The van der Waals surface area contributed by atoms with E-state index < -0.39 is 17.2 Å². The standard InChI is InChI=1S/C14H18F2N2O3.ClH/c15-11-2-1-10(9-12(11)16)21-8-5-18-13(19)14(17)3-6-20-7-4-14;/h1-2,9H,3-8,17H2,(H,18,19);1H. The first kappa shape index (κ1) is 18.6. The second kappa shape index (κ2) is 8.26. The average Bonchev–Trinajstić information content (AvgIpc) is 2.47. The zero-order valence-electron chi connectivity index (χ0n) is 11.9. The number of hydrogen-bond acceptors (Lipinski definition) is 4. The Balaban J connectivity index is 0.00000242. The highest BCUT2D eigenvalue weighted by atomic mass is 35.5. The Kier molecular flexibility index (Phi) is 6.99. The minimum atomic E-state index is -0.973. The van der Waals surface area contributed by atoms with Crippen molar-refractivity contribution in [3.63, 3.8) is 0 Å². The second-order valence-electron chi connectivity index (χ2n) is 4.95. The zero-order valence-corrected chi connectivity index (χ0v) is 12.8. The van der Waals surface area contributed by atoms with Gasteiger partial charge >= 0.3 is 0 Å². The molecule has 1 fully saturated rings. The number of amides is 1. The summed E-state index contributed by atoms with van der Waals surface area (Å²) in [5.41, 5.74) is 5.11. The van der Waals surface area contributed by atoms with Crippen LogP contribution >= 0.6 is 12.4 Å². The Labute approximate surface area is 133 Å². The van der Waals surface area contributed by atoms with E-state index >= 15 is 0 Å². The number of benzene rings is 1. The van der Waals surface area contributed by atoms with Gasteiger partial charge in [0.05, 0.1) is 12.1 Å². The normalized spacial score (nSPS) is 16.5. The minimum absolute atomic E-state index is 0. The monoisotopic (exact) mass is 336 g/mol. The highest BCUT2D eigenvalue weighted by Gasteiger charge is 2.35. The molecule has 0 bridgehead atoms. The lowest BCUT2D eigenvalue weighted by Crippen LogP contribution is -2.57. The number of hydrogen-bond donors (Lipinski definition) is 2. The van der Waals surface area contributed by atoms with Crippen molar-refractivity contribution in [1.82, 2.24) is 5.32 Å². The number of carbonyl (C=O) groups excluding carboxylic acids is 1. The maximum atomic E-state index is 13.0. The van der Waals surface area contributed by atoms with Gasteiger partial charge in [0.1, 0.15) is 12.4 Å². The summed E-state index contributed by atoms with van der Waals surface area (Å²) >= 11 is 0. The summed E-state index contributed by atoms with van der Waals surface area (Å²) in [5.74, 6) is -1.95. The van der Waals surface area contributed by atoms with E-state index in [-0.39, 0.29) is 37.2 Å². The smallest absolute Gasteiger partial charge is 0.240 e. The molecule has 22 heavy (non-hydrogen) atoms. The topological polar surface area (TPSA) is 73.6 Å².